The highest BCUT2D eigenvalue weighted by Crippen LogP contribution is 2.34. The first-order valence-electron chi connectivity index (χ1n) is 7.54. The first-order chi connectivity index (χ1) is 12.3. The number of nitrogens with zero attached hydrogens (tertiary/aromatic N) is 2. The molecular weight excluding hydrogens is 362 g/mol. The van der Waals surface area contributed by atoms with E-state index in [0.29, 0.717) is 5.69 Å². The van der Waals surface area contributed by atoms with Crippen molar-refractivity contribution < 1.29 is 22.9 Å². The standard InChI is InChI=1S/C16H15N3O6S/c1-26(23,24)18-10-15(25-14-8-3-2-7-13(14)18)16(20)17-11-5-4-6-12(9-11)19(21)22/h2-9,15H,10H2,1H3,(H,17,20)/t15-/m0/s1. The van der Waals surface area contributed by atoms with Gasteiger partial charge >= 0.3 is 0 Å². The van der Waals surface area contributed by atoms with E-state index in [0.717, 1.165) is 10.6 Å². The number of ether oxygens (including phenoxy) is 1. The van der Waals surface area contributed by atoms with Crippen molar-refractivity contribution in [3.05, 3.63) is 58.6 Å². The lowest BCUT2D eigenvalue weighted by Crippen LogP contribution is -2.48. The molecule has 0 spiro atoms. The molecule has 1 atom stereocenters. The van der Waals surface area contributed by atoms with Gasteiger partial charge in [-0.05, 0) is 18.2 Å². The van der Waals surface area contributed by atoms with Crippen LogP contribution in [0.1, 0.15) is 0 Å². The Hall–Kier alpha value is -3.14. The Morgan fingerprint density at radius 1 is 1.27 bits per heavy atom. The fourth-order valence-electron chi connectivity index (χ4n) is 2.57. The molecule has 1 heterocycles. The van der Waals surface area contributed by atoms with Gasteiger partial charge in [-0.2, -0.15) is 0 Å². The molecule has 3 rings (SSSR count). The van der Waals surface area contributed by atoms with Gasteiger partial charge in [0.15, 0.2) is 6.10 Å². The van der Waals surface area contributed by atoms with E-state index < -0.39 is 27.0 Å². The summed E-state index contributed by atoms with van der Waals surface area (Å²) in [5.74, 6) is -0.336. The zero-order chi connectivity index (χ0) is 18.9. The van der Waals surface area contributed by atoms with Crippen LogP contribution in [0.5, 0.6) is 5.75 Å². The van der Waals surface area contributed by atoms with Crippen LogP contribution in [-0.2, 0) is 14.8 Å². The second-order valence-corrected chi connectivity index (χ2v) is 7.57. The lowest BCUT2D eigenvalue weighted by atomic mass is 10.2. The van der Waals surface area contributed by atoms with E-state index >= 15 is 0 Å². The number of hydrogen-bond acceptors (Lipinski definition) is 6. The Labute approximate surface area is 149 Å². The van der Waals surface area contributed by atoms with Crippen molar-refractivity contribution in [2.45, 2.75) is 6.10 Å². The fourth-order valence-corrected chi connectivity index (χ4v) is 3.49. The van der Waals surface area contributed by atoms with Crippen molar-refractivity contribution in [2.75, 3.05) is 22.4 Å². The van der Waals surface area contributed by atoms with E-state index in [1.807, 2.05) is 0 Å². The number of amides is 1. The molecule has 9 nitrogen and oxygen atoms in total. The predicted octanol–water partition coefficient (Wildman–Crippen LogP) is 1.76. The van der Waals surface area contributed by atoms with E-state index in [1.165, 1.54) is 24.3 Å². The number of nitro benzene ring substituents is 1. The summed E-state index contributed by atoms with van der Waals surface area (Å²) in [6.45, 7) is -0.198. The van der Waals surface area contributed by atoms with Gasteiger partial charge in [0.1, 0.15) is 5.75 Å². The molecule has 1 amide bonds. The highest BCUT2D eigenvalue weighted by atomic mass is 32.2. The third-order valence-corrected chi connectivity index (χ3v) is 4.90. The molecule has 0 bridgehead atoms. The molecule has 0 saturated carbocycles. The molecule has 1 aliphatic heterocycles. The Kier molecular flexibility index (Phi) is 4.51. The number of rotatable bonds is 4. The Morgan fingerprint density at radius 2 is 2.00 bits per heavy atom. The first kappa shape index (κ1) is 17.7. The Morgan fingerprint density at radius 3 is 2.69 bits per heavy atom. The van der Waals surface area contributed by atoms with Gasteiger partial charge in [-0.15, -0.1) is 0 Å². The van der Waals surface area contributed by atoms with Crippen LogP contribution in [0, 0.1) is 10.1 Å². The van der Waals surface area contributed by atoms with E-state index in [9.17, 15) is 23.3 Å². The number of anilines is 2. The van der Waals surface area contributed by atoms with Crippen LogP contribution in [0.3, 0.4) is 0 Å². The summed E-state index contributed by atoms with van der Waals surface area (Å²) < 4.78 is 30.8. The number of benzene rings is 2. The molecule has 10 heteroatoms. The number of sulfonamides is 1. The van der Waals surface area contributed by atoms with Crippen molar-refractivity contribution in [3.8, 4) is 5.75 Å². The highest BCUT2D eigenvalue weighted by molar-refractivity contribution is 7.92. The number of para-hydroxylation sites is 2. The number of carbonyl (C=O) groups excluding carboxylic acids is 1. The zero-order valence-corrected chi connectivity index (χ0v) is 14.5. The average Bonchev–Trinajstić information content (AvgIpc) is 2.60. The monoisotopic (exact) mass is 377 g/mol. The van der Waals surface area contributed by atoms with Gasteiger partial charge in [-0.25, -0.2) is 8.42 Å². The molecular formula is C16H15N3O6S. The lowest BCUT2D eigenvalue weighted by molar-refractivity contribution is -0.384. The summed E-state index contributed by atoms with van der Waals surface area (Å²) >= 11 is 0. The van der Waals surface area contributed by atoms with E-state index in [1.54, 1.807) is 24.3 Å². The zero-order valence-electron chi connectivity index (χ0n) is 13.7. The maximum atomic E-state index is 12.5. The normalized spacial score (nSPS) is 16.3. The van der Waals surface area contributed by atoms with Gasteiger partial charge in [0.05, 0.1) is 23.4 Å². The molecule has 0 fully saturated rings. The minimum atomic E-state index is -3.61. The predicted molar refractivity (Wildman–Crippen MR) is 94.8 cm³/mol. The van der Waals surface area contributed by atoms with Crippen LogP contribution in [-0.4, -0.2) is 38.2 Å². The van der Waals surface area contributed by atoms with E-state index in [4.69, 9.17) is 4.74 Å². The minimum absolute atomic E-state index is 0.171. The Balaban J connectivity index is 1.85. The number of nitro groups is 1. The van der Waals surface area contributed by atoms with Crippen molar-refractivity contribution in [3.63, 3.8) is 0 Å². The third-order valence-electron chi connectivity index (χ3n) is 3.75. The molecule has 1 aliphatic rings. The van der Waals surface area contributed by atoms with Crippen LogP contribution in [0.15, 0.2) is 48.5 Å². The molecule has 0 saturated heterocycles. The maximum absolute atomic E-state index is 12.5. The van der Waals surface area contributed by atoms with Gasteiger partial charge in [-0.1, -0.05) is 18.2 Å². The largest absolute Gasteiger partial charge is 0.476 e. The molecule has 136 valence electrons. The van der Waals surface area contributed by atoms with Crippen molar-refractivity contribution in [1.82, 2.24) is 0 Å². The van der Waals surface area contributed by atoms with Gasteiger partial charge in [-0.3, -0.25) is 19.2 Å². The van der Waals surface area contributed by atoms with E-state index in [-0.39, 0.29) is 23.7 Å². The number of carbonyl (C=O) groups is 1. The summed E-state index contributed by atoms with van der Waals surface area (Å²) in [5, 5.41) is 13.3. The SMILES string of the molecule is CS(=O)(=O)N1C[C@@H](C(=O)Nc2cccc([N+](=O)[O-])c2)Oc2ccccc21. The van der Waals surface area contributed by atoms with Crippen molar-refractivity contribution >= 4 is 33.0 Å². The van der Waals surface area contributed by atoms with Crippen LogP contribution in [0.4, 0.5) is 17.1 Å². The molecule has 0 aliphatic carbocycles. The lowest BCUT2D eigenvalue weighted by Gasteiger charge is -2.33. The molecule has 26 heavy (non-hydrogen) atoms. The summed E-state index contributed by atoms with van der Waals surface area (Å²) in [5.41, 5.74) is 0.405. The molecule has 1 N–H and O–H groups in total. The van der Waals surface area contributed by atoms with E-state index in [2.05, 4.69) is 5.32 Å². The van der Waals surface area contributed by atoms with Crippen molar-refractivity contribution in [2.24, 2.45) is 0 Å². The summed E-state index contributed by atoms with van der Waals surface area (Å²) in [7, 11) is -3.61. The number of fused-ring (bicyclic) bond motifs is 1. The second-order valence-electron chi connectivity index (χ2n) is 5.67. The highest BCUT2D eigenvalue weighted by Gasteiger charge is 2.34. The number of nitrogens with one attached hydrogen (secondary N) is 1. The van der Waals surface area contributed by atoms with Crippen LogP contribution in [0.2, 0.25) is 0 Å². The molecule has 0 radical (unpaired) electrons. The second kappa shape index (κ2) is 6.64. The molecule has 2 aromatic rings. The first-order valence-corrected chi connectivity index (χ1v) is 9.39. The fraction of sp³-hybridized carbons (Fsp3) is 0.188. The van der Waals surface area contributed by atoms with Crippen LogP contribution < -0.4 is 14.4 Å². The van der Waals surface area contributed by atoms with Crippen LogP contribution in [0.25, 0.3) is 0 Å². The third kappa shape index (κ3) is 3.59. The van der Waals surface area contributed by atoms with Gasteiger partial charge in [0, 0.05) is 17.8 Å². The molecule has 0 unspecified atom stereocenters. The van der Waals surface area contributed by atoms with Crippen molar-refractivity contribution in [1.29, 1.82) is 0 Å². The van der Waals surface area contributed by atoms with Gasteiger partial charge < -0.3 is 10.1 Å². The quantitative estimate of drug-likeness (QED) is 0.640. The molecule has 0 aromatic heterocycles. The number of non-ortho nitro benzene ring substituents is 1. The smallest absolute Gasteiger partial charge is 0.271 e. The van der Waals surface area contributed by atoms with Crippen LogP contribution >= 0.6 is 0 Å². The topological polar surface area (TPSA) is 119 Å². The minimum Gasteiger partial charge on any atom is -0.476 e. The summed E-state index contributed by atoms with van der Waals surface area (Å²) in [4.78, 5) is 22.8. The molecule has 2 aromatic carbocycles. The van der Waals surface area contributed by atoms with Gasteiger partial charge in [0.2, 0.25) is 10.0 Å². The maximum Gasteiger partial charge on any atom is 0.271 e. The Bertz CT molecular complexity index is 975. The summed E-state index contributed by atoms with van der Waals surface area (Å²) in [6, 6.07) is 11.9. The summed E-state index contributed by atoms with van der Waals surface area (Å²) in [6.07, 6.45) is -0.0520. The van der Waals surface area contributed by atoms with Gasteiger partial charge in [0.25, 0.3) is 11.6 Å². The number of hydrogen-bond donors (Lipinski definition) is 1. The average molecular weight is 377 g/mol.